The van der Waals surface area contributed by atoms with Crippen molar-refractivity contribution in [3.05, 3.63) is 33.8 Å². The zero-order valence-electron chi connectivity index (χ0n) is 11.0. The molecule has 0 bridgehead atoms. The van der Waals surface area contributed by atoms with E-state index in [1.807, 2.05) is 19.1 Å². The van der Waals surface area contributed by atoms with Crippen molar-refractivity contribution in [3.8, 4) is 0 Å². The topological polar surface area (TPSA) is 40.6 Å². The molecule has 1 aromatic rings. The van der Waals surface area contributed by atoms with Gasteiger partial charge in [-0.25, -0.2) is 0 Å². The fraction of sp³-hybridized carbons (Fsp3) is 0.385. The summed E-state index contributed by atoms with van der Waals surface area (Å²) in [5.41, 5.74) is 1.58. The molecule has 0 aliphatic rings. The molecule has 0 unspecified atom stereocenters. The molecule has 0 aliphatic carbocycles. The summed E-state index contributed by atoms with van der Waals surface area (Å²) in [5, 5.41) is 0. The number of rotatable bonds is 3. The fourth-order valence-electron chi connectivity index (χ4n) is 1.50. The van der Waals surface area contributed by atoms with Crippen molar-refractivity contribution in [2.45, 2.75) is 6.92 Å². The Labute approximate surface area is 116 Å². The summed E-state index contributed by atoms with van der Waals surface area (Å²) in [6, 6.07) is 5.50. The van der Waals surface area contributed by atoms with Crippen molar-refractivity contribution < 1.29 is 9.59 Å². The number of hydrogen-bond donors (Lipinski definition) is 0. The Hall–Kier alpha value is -1.36. The first-order valence-electron chi connectivity index (χ1n) is 5.54. The minimum atomic E-state index is -0.158. The fourth-order valence-corrected chi connectivity index (χ4v) is 2.10. The van der Waals surface area contributed by atoms with E-state index in [1.165, 1.54) is 9.80 Å². The van der Waals surface area contributed by atoms with E-state index in [2.05, 4.69) is 15.9 Å². The van der Waals surface area contributed by atoms with Crippen LogP contribution < -0.4 is 0 Å². The minimum absolute atomic E-state index is 0.0807. The summed E-state index contributed by atoms with van der Waals surface area (Å²) < 4.78 is 0.859. The molecule has 1 rings (SSSR count). The van der Waals surface area contributed by atoms with Crippen molar-refractivity contribution in [1.82, 2.24) is 9.80 Å². The van der Waals surface area contributed by atoms with Crippen LogP contribution in [0.1, 0.15) is 15.9 Å². The van der Waals surface area contributed by atoms with E-state index in [9.17, 15) is 9.59 Å². The molecule has 0 saturated heterocycles. The van der Waals surface area contributed by atoms with Gasteiger partial charge in [0.05, 0.1) is 6.54 Å². The molecule has 0 heterocycles. The van der Waals surface area contributed by atoms with Crippen LogP contribution in [-0.4, -0.2) is 49.3 Å². The van der Waals surface area contributed by atoms with Crippen molar-refractivity contribution >= 4 is 27.7 Å². The maximum atomic E-state index is 12.1. The lowest BCUT2D eigenvalue weighted by atomic mass is 10.1. The molecule has 0 aliphatic heterocycles. The Morgan fingerprint density at radius 3 is 2.28 bits per heavy atom. The molecule has 4 nitrogen and oxygen atoms in total. The molecule has 2 amide bonds. The van der Waals surface area contributed by atoms with Crippen molar-refractivity contribution in [2.75, 3.05) is 27.7 Å². The highest BCUT2D eigenvalue weighted by Crippen LogP contribution is 2.16. The highest BCUT2D eigenvalue weighted by molar-refractivity contribution is 9.10. The lowest BCUT2D eigenvalue weighted by Crippen LogP contribution is -2.37. The van der Waals surface area contributed by atoms with Crippen LogP contribution in [0.2, 0.25) is 0 Å². The van der Waals surface area contributed by atoms with Gasteiger partial charge in [-0.15, -0.1) is 0 Å². The average Bonchev–Trinajstić information content (AvgIpc) is 2.26. The summed E-state index contributed by atoms with van der Waals surface area (Å²) in [4.78, 5) is 26.6. The third-order valence-electron chi connectivity index (χ3n) is 2.51. The Morgan fingerprint density at radius 2 is 1.78 bits per heavy atom. The molecule has 18 heavy (non-hydrogen) atoms. The van der Waals surface area contributed by atoms with Gasteiger partial charge >= 0.3 is 0 Å². The molecular formula is C13H17BrN2O2. The van der Waals surface area contributed by atoms with E-state index >= 15 is 0 Å². The van der Waals surface area contributed by atoms with Gasteiger partial charge in [-0.2, -0.15) is 0 Å². The van der Waals surface area contributed by atoms with E-state index in [0.717, 1.165) is 10.0 Å². The number of benzene rings is 1. The second-order valence-electron chi connectivity index (χ2n) is 4.47. The molecule has 98 valence electrons. The summed E-state index contributed by atoms with van der Waals surface area (Å²) in [6.45, 7) is 2.00. The molecule has 0 fully saturated rings. The Bertz CT molecular complexity index is 452. The monoisotopic (exact) mass is 312 g/mol. The van der Waals surface area contributed by atoms with Gasteiger partial charge in [0.25, 0.3) is 5.91 Å². The van der Waals surface area contributed by atoms with Crippen molar-refractivity contribution in [1.29, 1.82) is 0 Å². The van der Waals surface area contributed by atoms with Crippen LogP contribution in [0.15, 0.2) is 22.7 Å². The third kappa shape index (κ3) is 3.84. The number of halogens is 1. The van der Waals surface area contributed by atoms with Crippen molar-refractivity contribution in [3.63, 3.8) is 0 Å². The quantitative estimate of drug-likeness (QED) is 0.855. The van der Waals surface area contributed by atoms with Gasteiger partial charge in [0.2, 0.25) is 5.91 Å². The SMILES string of the molecule is Cc1cc(Br)cc(C(=O)N(C)CC(=O)N(C)C)c1. The molecule has 1 aromatic carbocycles. The van der Waals surface area contributed by atoms with Crippen LogP contribution in [-0.2, 0) is 4.79 Å². The van der Waals surface area contributed by atoms with Crippen LogP contribution >= 0.6 is 15.9 Å². The summed E-state index contributed by atoms with van der Waals surface area (Å²) in [7, 11) is 4.97. The Kier molecular flexibility index (Phi) is 4.90. The number of hydrogen-bond acceptors (Lipinski definition) is 2. The second-order valence-corrected chi connectivity index (χ2v) is 5.38. The normalized spacial score (nSPS) is 10.1. The summed E-state index contributed by atoms with van der Waals surface area (Å²) in [6.07, 6.45) is 0. The number of aryl methyl sites for hydroxylation is 1. The van der Waals surface area contributed by atoms with E-state index < -0.39 is 0 Å². The zero-order chi connectivity index (χ0) is 13.9. The molecule has 0 radical (unpaired) electrons. The Balaban J connectivity index is 2.83. The standard InChI is InChI=1S/C13H17BrN2O2/c1-9-5-10(7-11(14)6-9)13(18)16(4)8-12(17)15(2)3/h5-7H,8H2,1-4H3. The van der Waals surface area contributed by atoms with Crippen LogP contribution in [0.4, 0.5) is 0 Å². The van der Waals surface area contributed by atoms with Crippen LogP contribution in [0, 0.1) is 6.92 Å². The van der Waals surface area contributed by atoms with Gasteiger partial charge in [-0.05, 0) is 30.7 Å². The predicted octanol–water partition coefficient (Wildman–Crippen LogP) is 1.92. The van der Waals surface area contributed by atoms with Gasteiger partial charge in [0.15, 0.2) is 0 Å². The van der Waals surface area contributed by atoms with Gasteiger partial charge in [0.1, 0.15) is 0 Å². The van der Waals surface area contributed by atoms with Crippen molar-refractivity contribution in [2.24, 2.45) is 0 Å². The summed E-state index contributed by atoms with van der Waals surface area (Å²) >= 11 is 3.36. The molecular weight excluding hydrogens is 296 g/mol. The van der Waals surface area contributed by atoms with Crippen LogP contribution in [0.3, 0.4) is 0 Å². The molecule has 0 spiro atoms. The highest BCUT2D eigenvalue weighted by Gasteiger charge is 2.16. The molecule has 0 aromatic heterocycles. The third-order valence-corrected chi connectivity index (χ3v) is 2.96. The zero-order valence-corrected chi connectivity index (χ0v) is 12.6. The summed E-state index contributed by atoms with van der Waals surface area (Å²) in [5.74, 6) is -0.257. The number of nitrogens with zero attached hydrogens (tertiary/aromatic N) is 2. The van der Waals surface area contributed by atoms with Crippen LogP contribution in [0.5, 0.6) is 0 Å². The number of likely N-dealkylation sites (N-methyl/N-ethyl adjacent to an activating group) is 2. The van der Waals surface area contributed by atoms with Gasteiger partial charge in [-0.1, -0.05) is 15.9 Å². The Morgan fingerprint density at radius 1 is 1.17 bits per heavy atom. The molecule has 5 heteroatoms. The van der Waals surface area contributed by atoms with Crippen LogP contribution in [0.25, 0.3) is 0 Å². The lowest BCUT2D eigenvalue weighted by molar-refractivity contribution is -0.129. The van der Waals surface area contributed by atoms with E-state index in [4.69, 9.17) is 0 Å². The highest BCUT2D eigenvalue weighted by atomic mass is 79.9. The van der Waals surface area contributed by atoms with E-state index in [1.54, 1.807) is 27.2 Å². The first-order valence-corrected chi connectivity index (χ1v) is 6.33. The average molecular weight is 313 g/mol. The smallest absolute Gasteiger partial charge is 0.254 e. The van der Waals surface area contributed by atoms with Gasteiger partial charge in [0, 0.05) is 31.2 Å². The minimum Gasteiger partial charge on any atom is -0.347 e. The molecule has 0 atom stereocenters. The number of amides is 2. The van der Waals surface area contributed by atoms with E-state index in [-0.39, 0.29) is 18.4 Å². The van der Waals surface area contributed by atoms with Gasteiger partial charge in [-0.3, -0.25) is 9.59 Å². The first kappa shape index (κ1) is 14.7. The maximum Gasteiger partial charge on any atom is 0.254 e. The number of carbonyl (C=O) groups is 2. The second kappa shape index (κ2) is 6.00. The largest absolute Gasteiger partial charge is 0.347 e. The lowest BCUT2D eigenvalue weighted by Gasteiger charge is -2.19. The predicted molar refractivity (Wildman–Crippen MR) is 74.5 cm³/mol. The first-order chi connectivity index (χ1) is 8.31. The maximum absolute atomic E-state index is 12.1. The van der Waals surface area contributed by atoms with Gasteiger partial charge < -0.3 is 9.80 Å². The number of carbonyl (C=O) groups excluding carboxylic acids is 2. The molecule has 0 N–H and O–H groups in total. The van der Waals surface area contributed by atoms with E-state index in [0.29, 0.717) is 5.56 Å². The molecule has 0 saturated carbocycles.